The van der Waals surface area contributed by atoms with Crippen molar-refractivity contribution in [3.8, 4) is 0 Å². The lowest BCUT2D eigenvalue weighted by atomic mass is 9.83. The first-order valence-corrected chi connectivity index (χ1v) is 9.67. The fourth-order valence-electron chi connectivity index (χ4n) is 4.45. The average Bonchev–Trinajstić information content (AvgIpc) is 2.64. The fourth-order valence-corrected chi connectivity index (χ4v) is 4.45. The van der Waals surface area contributed by atoms with Crippen molar-refractivity contribution >= 4 is 5.91 Å². The molecule has 4 unspecified atom stereocenters. The van der Waals surface area contributed by atoms with E-state index < -0.39 is 6.04 Å². The Bertz CT molecular complexity index is 595. The maximum absolute atomic E-state index is 13.1. The molecule has 1 aliphatic carbocycles. The summed E-state index contributed by atoms with van der Waals surface area (Å²) in [6.45, 7) is 1.37. The van der Waals surface area contributed by atoms with E-state index in [4.69, 9.17) is 0 Å². The molecule has 0 aromatic heterocycles. The number of hydrogen-bond donors (Lipinski definition) is 3. The third-order valence-corrected chi connectivity index (χ3v) is 5.86. The van der Waals surface area contributed by atoms with Crippen LogP contribution in [0, 0.1) is 11.7 Å². The molecule has 0 radical (unpaired) electrons. The van der Waals surface area contributed by atoms with Gasteiger partial charge < -0.3 is 15.7 Å². The fraction of sp³-hybridized carbons (Fsp3) is 0.650. The second-order valence-corrected chi connectivity index (χ2v) is 7.63. The zero-order valence-corrected chi connectivity index (χ0v) is 15.5. The number of aliphatic hydroxyl groups is 1. The molecule has 0 spiro atoms. The minimum absolute atomic E-state index is 0.0209. The normalized spacial score (nSPS) is 30.2. The van der Waals surface area contributed by atoms with E-state index >= 15 is 0 Å². The van der Waals surface area contributed by atoms with Crippen molar-refractivity contribution in [1.29, 1.82) is 0 Å². The van der Waals surface area contributed by atoms with E-state index in [-0.39, 0.29) is 24.4 Å². The predicted molar refractivity (Wildman–Crippen MR) is 99.3 cm³/mol. The van der Waals surface area contributed by atoms with E-state index in [9.17, 15) is 14.3 Å². The highest BCUT2D eigenvalue weighted by Gasteiger charge is 2.36. The number of hydrogen-bond acceptors (Lipinski definition) is 4. The Hall–Kier alpha value is -1.50. The van der Waals surface area contributed by atoms with E-state index in [0.717, 1.165) is 18.5 Å². The quantitative estimate of drug-likeness (QED) is 0.713. The van der Waals surface area contributed by atoms with Gasteiger partial charge in [-0.15, -0.1) is 0 Å². The topological polar surface area (TPSA) is 64.6 Å². The van der Waals surface area contributed by atoms with Gasteiger partial charge in [0, 0.05) is 25.2 Å². The third kappa shape index (κ3) is 4.61. The number of halogens is 1. The molecule has 6 heteroatoms. The lowest BCUT2D eigenvalue weighted by Crippen LogP contribution is -2.63. The Morgan fingerprint density at radius 2 is 2.00 bits per heavy atom. The Kier molecular flexibility index (Phi) is 6.62. The van der Waals surface area contributed by atoms with Gasteiger partial charge in [-0.25, -0.2) is 4.39 Å². The van der Waals surface area contributed by atoms with Gasteiger partial charge in [-0.3, -0.25) is 9.69 Å². The van der Waals surface area contributed by atoms with Crippen LogP contribution in [0.5, 0.6) is 0 Å². The SMILES string of the molecule is CNC1CCCCC1CN1CC(Cc2ccc(F)cc2)NC(=O)C1CO. The van der Waals surface area contributed by atoms with Crippen molar-refractivity contribution < 1.29 is 14.3 Å². The number of aliphatic hydroxyl groups excluding tert-OH is 1. The first-order chi connectivity index (χ1) is 12.6. The number of piperazine rings is 1. The summed E-state index contributed by atoms with van der Waals surface area (Å²) in [5, 5.41) is 16.2. The van der Waals surface area contributed by atoms with E-state index in [0.29, 0.717) is 24.9 Å². The van der Waals surface area contributed by atoms with Crippen molar-refractivity contribution in [2.24, 2.45) is 5.92 Å². The van der Waals surface area contributed by atoms with Gasteiger partial charge in [-0.05, 0) is 49.9 Å². The summed E-state index contributed by atoms with van der Waals surface area (Å²) < 4.78 is 13.1. The highest BCUT2D eigenvalue weighted by Crippen LogP contribution is 2.26. The zero-order valence-electron chi connectivity index (χ0n) is 15.5. The Balaban J connectivity index is 1.67. The monoisotopic (exact) mass is 363 g/mol. The molecule has 0 bridgehead atoms. The van der Waals surface area contributed by atoms with Crippen LogP contribution in [-0.2, 0) is 11.2 Å². The summed E-state index contributed by atoms with van der Waals surface area (Å²) in [7, 11) is 2.01. The smallest absolute Gasteiger partial charge is 0.240 e. The van der Waals surface area contributed by atoms with Gasteiger partial charge in [0.1, 0.15) is 11.9 Å². The molecular formula is C20H30FN3O2. The minimum Gasteiger partial charge on any atom is -0.394 e. The van der Waals surface area contributed by atoms with Crippen molar-refractivity contribution in [1.82, 2.24) is 15.5 Å². The molecule has 1 heterocycles. The van der Waals surface area contributed by atoms with E-state index in [1.165, 1.54) is 31.4 Å². The summed E-state index contributed by atoms with van der Waals surface area (Å²) in [5.41, 5.74) is 1.00. The van der Waals surface area contributed by atoms with Crippen LogP contribution >= 0.6 is 0 Å². The summed E-state index contributed by atoms with van der Waals surface area (Å²) in [6, 6.07) is 6.42. The van der Waals surface area contributed by atoms with Crippen LogP contribution in [0.3, 0.4) is 0 Å². The second kappa shape index (κ2) is 8.93. The number of carbonyl (C=O) groups excluding carboxylic acids is 1. The molecule has 2 aliphatic rings. The molecule has 1 aromatic carbocycles. The summed E-state index contributed by atoms with van der Waals surface area (Å²) in [5.74, 6) is 0.140. The number of benzene rings is 1. The van der Waals surface area contributed by atoms with Crippen LogP contribution in [0.4, 0.5) is 4.39 Å². The summed E-state index contributed by atoms with van der Waals surface area (Å²) >= 11 is 0. The molecule has 1 saturated carbocycles. The van der Waals surface area contributed by atoms with Crippen LogP contribution in [0.25, 0.3) is 0 Å². The van der Waals surface area contributed by atoms with Crippen LogP contribution < -0.4 is 10.6 Å². The average molecular weight is 363 g/mol. The van der Waals surface area contributed by atoms with Crippen LogP contribution in [0.2, 0.25) is 0 Å². The Morgan fingerprint density at radius 3 is 2.69 bits per heavy atom. The van der Waals surface area contributed by atoms with E-state index in [1.54, 1.807) is 12.1 Å². The zero-order chi connectivity index (χ0) is 18.5. The van der Waals surface area contributed by atoms with E-state index in [2.05, 4.69) is 15.5 Å². The minimum atomic E-state index is -0.473. The highest BCUT2D eigenvalue weighted by atomic mass is 19.1. The van der Waals surface area contributed by atoms with Gasteiger partial charge in [0.05, 0.1) is 6.61 Å². The Morgan fingerprint density at radius 1 is 1.27 bits per heavy atom. The molecule has 2 fully saturated rings. The molecule has 4 atom stereocenters. The predicted octanol–water partition coefficient (Wildman–Crippen LogP) is 1.31. The standard InChI is InChI=1S/C20H30FN3O2/c1-22-18-5-3-2-4-15(18)11-24-12-17(23-20(26)19(24)13-25)10-14-6-8-16(21)9-7-14/h6-9,15,17-19,22,25H,2-5,10-13H2,1H3,(H,23,26). The molecule has 1 amide bonds. The Labute approximate surface area is 155 Å². The van der Waals surface area contributed by atoms with Gasteiger partial charge in [0.25, 0.3) is 0 Å². The van der Waals surface area contributed by atoms with Crippen LogP contribution in [0.15, 0.2) is 24.3 Å². The molecule has 144 valence electrons. The maximum atomic E-state index is 13.1. The van der Waals surface area contributed by atoms with Crippen molar-refractivity contribution in [3.63, 3.8) is 0 Å². The second-order valence-electron chi connectivity index (χ2n) is 7.63. The van der Waals surface area contributed by atoms with Crippen molar-refractivity contribution in [3.05, 3.63) is 35.6 Å². The van der Waals surface area contributed by atoms with Crippen molar-refractivity contribution in [2.45, 2.75) is 50.2 Å². The molecule has 5 nitrogen and oxygen atoms in total. The van der Waals surface area contributed by atoms with Gasteiger partial charge in [-0.2, -0.15) is 0 Å². The summed E-state index contributed by atoms with van der Waals surface area (Å²) in [4.78, 5) is 14.6. The first-order valence-electron chi connectivity index (χ1n) is 9.67. The molecule has 1 aromatic rings. The lowest BCUT2D eigenvalue weighted by Gasteiger charge is -2.42. The molecule has 26 heavy (non-hydrogen) atoms. The number of nitrogens with one attached hydrogen (secondary N) is 2. The molecule has 1 aliphatic heterocycles. The third-order valence-electron chi connectivity index (χ3n) is 5.86. The van der Waals surface area contributed by atoms with Gasteiger partial charge in [0.15, 0.2) is 0 Å². The van der Waals surface area contributed by atoms with Crippen molar-refractivity contribution in [2.75, 3.05) is 26.7 Å². The van der Waals surface area contributed by atoms with Gasteiger partial charge in [0.2, 0.25) is 5.91 Å². The largest absolute Gasteiger partial charge is 0.394 e. The summed E-state index contributed by atoms with van der Waals surface area (Å²) in [6.07, 6.45) is 5.47. The maximum Gasteiger partial charge on any atom is 0.240 e. The van der Waals surface area contributed by atoms with Gasteiger partial charge in [-0.1, -0.05) is 25.0 Å². The first kappa shape index (κ1) is 19.3. The lowest BCUT2D eigenvalue weighted by molar-refractivity contribution is -0.133. The number of carbonyl (C=O) groups is 1. The molecule has 3 rings (SSSR count). The molecule has 3 N–H and O–H groups in total. The number of nitrogens with zero attached hydrogens (tertiary/aromatic N) is 1. The van der Waals surface area contributed by atoms with Crippen LogP contribution in [-0.4, -0.2) is 60.8 Å². The number of rotatable bonds is 6. The van der Waals surface area contributed by atoms with E-state index in [1.807, 2.05) is 7.05 Å². The molecule has 1 saturated heterocycles. The van der Waals surface area contributed by atoms with Gasteiger partial charge >= 0.3 is 0 Å². The highest BCUT2D eigenvalue weighted by molar-refractivity contribution is 5.83. The number of amides is 1. The molecular weight excluding hydrogens is 333 g/mol. The van der Waals surface area contributed by atoms with Crippen LogP contribution in [0.1, 0.15) is 31.2 Å².